The van der Waals surface area contributed by atoms with Crippen LogP contribution in [0.15, 0.2) is 47.4 Å². The molecule has 0 aliphatic carbocycles. The van der Waals surface area contributed by atoms with Crippen LogP contribution in [0, 0.1) is 0 Å². The number of benzene rings is 1. The van der Waals surface area contributed by atoms with E-state index in [1.807, 2.05) is 37.3 Å². The second-order valence-corrected chi connectivity index (χ2v) is 4.74. The van der Waals surface area contributed by atoms with Gasteiger partial charge in [-0.05, 0) is 12.5 Å². The quantitative estimate of drug-likeness (QED) is 0.880. The molecule has 5 heteroatoms. The van der Waals surface area contributed by atoms with Crippen molar-refractivity contribution in [2.24, 2.45) is 0 Å². The Balaban J connectivity index is 2.00. The smallest absolute Gasteiger partial charge is 0.227 e. The first-order valence-corrected chi connectivity index (χ1v) is 6.70. The number of carbonyl (C=O) groups is 1. The minimum absolute atomic E-state index is 0.114. The Labute approximate surface area is 123 Å². The monoisotopic (exact) mass is 286 g/mol. The Morgan fingerprint density at radius 2 is 2.05 bits per heavy atom. The van der Waals surface area contributed by atoms with E-state index in [2.05, 4.69) is 10.3 Å². The average molecular weight is 286 g/mol. The third kappa shape index (κ3) is 3.72. The van der Waals surface area contributed by atoms with Crippen molar-refractivity contribution in [1.29, 1.82) is 0 Å². The second kappa shape index (κ2) is 6.74. The van der Waals surface area contributed by atoms with Crippen LogP contribution in [0.3, 0.4) is 0 Å². The summed E-state index contributed by atoms with van der Waals surface area (Å²) in [5.41, 5.74) is 1.27. The number of aromatic amines is 1. The summed E-state index contributed by atoms with van der Waals surface area (Å²) in [5.74, 6) is 0.0210. The minimum atomic E-state index is -0.261. The van der Waals surface area contributed by atoms with Gasteiger partial charge in [0.25, 0.3) is 0 Å². The van der Waals surface area contributed by atoms with Crippen LogP contribution >= 0.6 is 0 Å². The number of H-pyrrole nitrogens is 1. The lowest BCUT2D eigenvalue weighted by Gasteiger charge is -2.12. The van der Waals surface area contributed by atoms with Gasteiger partial charge in [-0.2, -0.15) is 0 Å². The number of hydrogen-bond donors (Lipinski definition) is 2. The van der Waals surface area contributed by atoms with Crippen LogP contribution in [0.4, 0.5) is 0 Å². The molecule has 1 unspecified atom stereocenters. The lowest BCUT2D eigenvalue weighted by molar-refractivity contribution is -0.122. The maximum Gasteiger partial charge on any atom is 0.227 e. The number of hydrogen-bond acceptors (Lipinski definition) is 3. The van der Waals surface area contributed by atoms with Gasteiger partial charge in [-0.1, -0.05) is 30.3 Å². The number of aromatic nitrogens is 1. The zero-order valence-corrected chi connectivity index (χ0v) is 12.1. The minimum Gasteiger partial charge on any atom is -0.482 e. The highest BCUT2D eigenvalue weighted by Gasteiger charge is 2.14. The first kappa shape index (κ1) is 14.8. The van der Waals surface area contributed by atoms with Crippen molar-refractivity contribution in [2.45, 2.75) is 19.4 Å². The van der Waals surface area contributed by atoms with E-state index in [1.165, 1.54) is 13.2 Å². The van der Waals surface area contributed by atoms with Crippen LogP contribution in [0.2, 0.25) is 0 Å². The van der Waals surface area contributed by atoms with Crippen molar-refractivity contribution in [3.8, 4) is 5.88 Å². The molecule has 0 aliphatic rings. The van der Waals surface area contributed by atoms with E-state index in [9.17, 15) is 9.59 Å². The fourth-order valence-corrected chi connectivity index (χ4v) is 1.97. The molecule has 2 aromatic rings. The third-order valence-electron chi connectivity index (χ3n) is 3.33. The Kier molecular flexibility index (Phi) is 4.77. The van der Waals surface area contributed by atoms with Crippen LogP contribution in [-0.4, -0.2) is 18.0 Å². The van der Waals surface area contributed by atoms with Crippen LogP contribution in [0.5, 0.6) is 5.88 Å². The van der Waals surface area contributed by atoms with Crippen molar-refractivity contribution in [3.63, 3.8) is 0 Å². The van der Waals surface area contributed by atoms with Crippen LogP contribution in [0.25, 0.3) is 0 Å². The molecule has 110 valence electrons. The summed E-state index contributed by atoms with van der Waals surface area (Å²) in [4.78, 5) is 26.7. The molecule has 2 N–H and O–H groups in total. The summed E-state index contributed by atoms with van der Waals surface area (Å²) in [7, 11) is 1.48. The number of ether oxygens (including phenoxy) is 1. The van der Waals surface area contributed by atoms with Crippen molar-refractivity contribution in [2.75, 3.05) is 7.11 Å². The molecule has 1 aromatic heterocycles. The number of rotatable bonds is 5. The summed E-state index contributed by atoms with van der Waals surface area (Å²) in [6.07, 6.45) is 1.55. The highest BCUT2D eigenvalue weighted by Crippen LogP contribution is 2.14. The van der Waals surface area contributed by atoms with Crippen molar-refractivity contribution in [1.82, 2.24) is 10.3 Å². The van der Waals surface area contributed by atoms with Crippen LogP contribution in [0.1, 0.15) is 24.0 Å². The molecule has 0 radical (unpaired) electrons. The van der Waals surface area contributed by atoms with E-state index < -0.39 is 0 Å². The molecule has 5 nitrogen and oxygen atoms in total. The molecule has 1 heterocycles. The van der Waals surface area contributed by atoms with Gasteiger partial charge in [-0.3, -0.25) is 9.59 Å². The molecule has 0 fully saturated rings. The fourth-order valence-electron chi connectivity index (χ4n) is 1.97. The summed E-state index contributed by atoms with van der Waals surface area (Å²) >= 11 is 0. The maximum absolute atomic E-state index is 12.1. The van der Waals surface area contributed by atoms with E-state index >= 15 is 0 Å². The molecule has 0 aliphatic heterocycles. The Bertz CT molecular complexity index is 665. The molecule has 1 amide bonds. The highest BCUT2D eigenvalue weighted by atomic mass is 16.5. The van der Waals surface area contributed by atoms with E-state index in [4.69, 9.17) is 4.74 Å². The molecular formula is C16H18N2O3. The fraction of sp³-hybridized carbons (Fsp3) is 0.250. The molecular weight excluding hydrogens is 268 g/mol. The summed E-state index contributed by atoms with van der Waals surface area (Å²) < 4.78 is 4.93. The van der Waals surface area contributed by atoms with Crippen molar-refractivity contribution >= 4 is 5.91 Å². The number of pyridine rings is 1. The van der Waals surface area contributed by atoms with Gasteiger partial charge in [0.15, 0.2) is 11.3 Å². The van der Waals surface area contributed by atoms with Gasteiger partial charge in [0.05, 0.1) is 13.0 Å². The van der Waals surface area contributed by atoms with Gasteiger partial charge in [0.1, 0.15) is 0 Å². The zero-order valence-electron chi connectivity index (χ0n) is 12.1. The molecule has 0 spiro atoms. The first-order valence-electron chi connectivity index (χ1n) is 6.70. The summed E-state index contributed by atoms with van der Waals surface area (Å²) in [6.45, 7) is 2.03. The van der Waals surface area contributed by atoms with E-state index in [-0.39, 0.29) is 23.8 Å². The van der Waals surface area contributed by atoms with Crippen molar-refractivity contribution < 1.29 is 9.53 Å². The van der Waals surface area contributed by atoms with E-state index in [1.54, 1.807) is 6.20 Å². The average Bonchev–Trinajstić information content (AvgIpc) is 2.53. The van der Waals surface area contributed by atoms with Crippen LogP contribution < -0.4 is 15.5 Å². The largest absolute Gasteiger partial charge is 0.482 e. The Hall–Kier alpha value is -2.56. The number of carbonyl (C=O) groups excluding carboxylic acids is 1. The molecule has 2 rings (SSSR count). The zero-order chi connectivity index (χ0) is 15.2. The predicted octanol–water partition coefficient (Wildman–Crippen LogP) is 1.80. The topological polar surface area (TPSA) is 71.2 Å². The van der Waals surface area contributed by atoms with E-state index in [0.29, 0.717) is 11.4 Å². The predicted molar refractivity (Wildman–Crippen MR) is 80.3 cm³/mol. The lowest BCUT2D eigenvalue weighted by atomic mass is 10.0. The van der Waals surface area contributed by atoms with Gasteiger partial charge in [-0.15, -0.1) is 0 Å². The van der Waals surface area contributed by atoms with Crippen LogP contribution in [-0.2, 0) is 11.3 Å². The van der Waals surface area contributed by atoms with Gasteiger partial charge in [0, 0.05) is 24.4 Å². The standard InChI is InChI=1S/C16H18N2O3/c1-11(12-6-4-3-5-7-12)16(20)18-10-13-9-17-15(21-2)8-14(13)19/h3-9,11H,10H2,1-2H3,(H,17,19)(H,18,20). The maximum atomic E-state index is 12.1. The number of amides is 1. The Morgan fingerprint density at radius 3 is 2.67 bits per heavy atom. The molecule has 0 saturated heterocycles. The molecule has 1 aromatic carbocycles. The molecule has 0 bridgehead atoms. The number of methoxy groups -OCH3 is 1. The lowest BCUT2D eigenvalue weighted by Crippen LogP contribution is -2.29. The Morgan fingerprint density at radius 1 is 1.33 bits per heavy atom. The SMILES string of the molecule is COc1cc(=O)c(CNC(=O)C(C)c2ccccc2)c[nH]1. The number of nitrogens with one attached hydrogen (secondary N) is 2. The van der Waals surface area contributed by atoms with Crippen molar-refractivity contribution in [3.05, 3.63) is 63.9 Å². The normalized spacial score (nSPS) is 11.7. The molecule has 1 atom stereocenters. The summed E-state index contributed by atoms with van der Waals surface area (Å²) in [5, 5.41) is 2.78. The molecule has 0 saturated carbocycles. The van der Waals surface area contributed by atoms with Gasteiger partial charge in [0.2, 0.25) is 5.91 Å². The second-order valence-electron chi connectivity index (χ2n) is 4.74. The first-order chi connectivity index (χ1) is 10.1. The highest BCUT2D eigenvalue weighted by molar-refractivity contribution is 5.83. The summed E-state index contributed by atoms with van der Waals surface area (Å²) in [6, 6.07) is 10.9. The molecule has 21 heavy (non-hydrogen) atoms. The van der Waals surface area contributed by atoms with Gasteiger partial charge < -0.3 is 15.0 Å². The van der Waals surface area contributed by atoms with Gasteiger partial charge >= 0.3 is 0 Å². The van der Waals surface area contributed by atoms with E-state index in [0.717, 1.165) is 5.56 Å². The van der Waals surface area contributed by atoms with Gasteiger partial charge in [-0.25, -0.2) is 0 Å². The third-order valence-corrected chi connectivity index (χ3v) is 3.33.